The fourth-order valence-electron chi connectivity index (χ4n) is 2.01. The number of piperidine rings is 1. The lowest BCUT2D eigenvalue weighted by Crippen LogP contribution is -2.23. The van der Waals surface area contributed by atoms with Crippen molar-refractivity contribution in [2.45, 2.75) is 19.8 Å². The molecule has 0 radical (unpaired) electrons. The minimum Gasteiger partial charge on any atom is -0.316 e. The van der Waals surface area contributed by atoms with Gasteiger partial charge in [-0.25, -0.2) is 4.39 Å². The van der Waals surface area contributed by atoms with Gasteiger partial charge >= 0.3 is 0 Å². The zero-order valence-electron chi connectivity index (χ0n) is 9.02. The fourth-order valence-corrected chi connectivity index (χ4v) is 2.01. The average molecular weight is 205 g/mol. The Hall–Kier alpha value is -1.15. The third-order valence-electron chi connectivity index (χ3n) is 3.01. The van der Waals surface area contributed by atoms with Gasteiger partial charge in [0.15, 0.2) is 0 Å². The first kappa shape index (κ1) is 10.4. The summed E-state index contributed by atoms with van der Waals surface area (Å²) in [6.45, 7) is 4.26. The Bertz CT molecular complexity index is 357. The molecule has 1 heterocycles. The van der Waals surface area contributed by atoms with Crippen LogP contribution >= 0.6 is 0 Å². The Morgan fingerprint density at radius 2 is 1.73 bits per heavy atom. The second-order valence-electron chi connectivity index (χ2n) is 3.99. The molecule has 1 saturated heterocycles. The Labute approximate surface area is 90.0 Å². The molecule has 1 fully saturated rings. The molecule has 1 aliphatic heterocycles. The smallest absolute Gasteiger partial charge is 0.123 e. The summed E-state index contributed by atoms with van der Waals surface area (Å²) in [6, 6.07) is 6.78. The molecule has 2 rings (SSSR count). The van der Waals surface area contributed by atoms with Crippen molar-refractivity contribution in [2.75, 3.05) is 13.1 Å². The summed E-state index contributed by atoms with van der Waals surface area (Å²) in [5.41, 5.74) is 3.96. The van der Waals surface area contributed by atoms with Crippen molar-refractivity contribution >= 4 is 5.57 Å². The van der Waals surface area contributed by atoms with Crippen LogP contribution in [0.25, 0.3) is 5.57 Å². The van der Waals surface area contributed by atoms with Gasteiger partial charge < -0.3 is 5.32 Å². The van der Waals surface area contributed by atoms with Crippen LogP contribution in [-0.2, 0) is 0 Å². The molecule has 0 saturated carbocycles. The molecule has 1 nitrogen and oxygen atoms in total. The highest BCUT2D eigenvalue weighted by Crippen LogP contribution is 2.24. The van der Waals surface area contributed by atoms with Gasteiger partial charge in [-0.05, 0) is 56.1 Å². The van der Waals surface area contributed by atoms with Crippen LogP contribution in [0.4, 0.5) is 4.39 Å². The van der Waals surface area contributed by atoms with E-state index in [0.717, 1.165) is 31.5 Å². The summed E-state index contributed by atoms with van der Waals surface area (Å²) in [5.74, 6) is -0.165. The molecule has 15 heavy (non-hydrogen) atoms. The van der Waals surface area contributed by atoms with Crippen molar-refractivity contribution in [1.29, 1.82) is 0 Å². The molecule has 0 aromatic heterocycles. The number of rotatable bonds is 1. The first-order chi connectivity index (χ1) is 7.27. The van der Waals surface area contributed by atoms with E-state index in [2.05, 4.69) is 12.2 Å². The summed E-state index contributed by atoms with van der Waals surface area (Å²) in [4.78, 5) is 0. The van der Waals surface area contributed by atoms with Crippen molar-refractivity contribution in [3.05, 3.63) is 41.2 Å². The zero-order valence-corrected chi connectivity index (χ0v) is 9.02. The standard InChI is InChI=1S/C13H16FN/c1-10(12-6-8-15-9-7-12)11-2-4-13(14)5-3-11/h2-5,15H,6-9H2,1H3. The van der Waals surface area contributed by atoms with E-state index in [1.165, 1.54) is 23.3 Å². The molecule has 0 atom stereocenters. The molecule has 2 heteroatoms. The van der Waals surface area contributed by atoms with Gasteiger partial charge in [0.25, 0.3) is 0 Å². The Morgan fingerprint density at radius 3 is 2.33 bits per heavy atom. The van der Waals surface area contributed by atoms with Crippen molar-refractivity contribution in [3.8, 4) is 0 Å². The van der Waals surface area contributed by atoms with Crippen molar-refractivity contribution in [1.82, 2.24) is 5.32 Å². The first-order valence-electron chi connectivity index (χ1n) is 5.42. The van der Waals surface area contributed by atoms with Gasteiger partial charge in [0.1, 0.15) is 5.82 Å². The molecule has 1 aliphatic rings. The van der Waals surface area contributed by atoms with Gasteiger partial charge in [-0.2, -0.15) is 0 Å². The van der Waals surface area contributed by atoms with Crippen molar-refractivity contribution < 1.29 is 4.39 Å². The largest absolute Gasteiger partial charge is 0.316 e. The highest BCUT2D eigenvalue weighted by molar-refractivity contribution is 5.67. The molecule has 1 aromatic carbocycles. The molecule has 0 spiro atoms. The van der Waals surface area contributed by atoms with Gasteiger partial charge in [-0.1, -0.05) is 17.7 Å². The van der Waals surface area contributed by atoms with E-state index in [-0.39, 0.29) is 5.82 Å². The number of hydrogen-bond acceptors (Lipinski definition) is 1. The van der Waals surface area contributed by atoms with Crippen LogP contribution < -0.4 is 5.32 Å². The highest BCUT2D eigenvalue weighted by atomic mass is 19.1. The predicted molar refractivity (Wildman–Crippen MR) is 61.1 cm³/mol. The second-order valence-corrected chi connectivity index (χ2v) is 3.99. The fraction of sp³-hybridized carbons (Fsp3) is 0.385. The number of benzene rings is 1. The molecular weight excluding hydrogens is 189 g/mol. The van der Waals surface area contributed by atoms with Gasteiger partial charge in [0.2, 0.25) is 0 Å². The van der Waals surface area contributed by atoms with Crippen molar-refractivity contribution in [2.24, 2.45) is 0 Å². The summed E-state index contributed by atoms with van der Waals surface area (Å²) in [7, 11) is 0. The van der Waals surface area contributed by atoms with Crippen LogP contribution in [-0.4, -0.2) is 13.1 Å². The lowest BCUT2D eigenvalue weighted by Gasteiger charge is -2.18. The molecule has 0 aliphatic carbocycles. The first-order valence-corrected chi connectivity index (χ1v) is 5.42. The lowest BCUT2D eigenvalue weighted by molar-refractivity contribution is 0.611. The van der Waals surface area contributed by atoms with E-state index in [9.17, 15) is 4.39 Å². The minimum absolute atomic E-state index is 0.165. The van der Waals surface area contributed by atoms with E-state index in [4.69, 9.17) is 0 Å². The maximum atomic E-state index is 12.8. The lowest BCUT2D eigenvalue weighted by atomic mass is 9.95. The number of hydrogen-bond donors (Lipinski definition) is 1. The van der Waals surface area contributed by atoms with E-state index in [1.807, 2.05) is 12.1 Å². The van der Waals surface area contributed by atoms with Crippen LogP contribution in [0.5, 0.6) is 0 Å². The molecular formula is C13H16FN. The quantitative estimate of drug-likeness (QED) is 0.743. The maximum Gasteiger partial charge on any atom is 0.123 e. The van der Waals surface area contributed by atoms with Crippen LogP contribution in [0.1, 0.15) is 25.3 Å². The van der Waals surface area contributed by atoms with E-state index in [0.29, 0.717) is 0 Å². The SMILES string of the molecule is CC(=C1CCNCC1)c1ccc(F)cc1. The Kier molecular flexibility index (Phi) is 3.17. The van der Waals surface area contributed by atoms with Crippen LogP contribution in [0, 0.1) is 5.82 Å². The second kappa shape index (κ2) is 4.58. The summed E-state index contributed by atoms with van der Waals surface area (Å²) >= 11 is 0. The monoisotopic (exact) mass is 205 g/mol. The molecule has 0 unspecified atom stereocenters. The van der Waals surface area contributed by atoms with Crippen LogP contribution in [0.3, 0.4) is 0 Å². The molecule has 0 amide bonds. The predicted octanol–water partition coefficient (Wildman–Crippen LogP) is 2.98. The topological polar surface area (TPSA) is 12.0 Å². The molecule has 1 aromatic rings. The minimum atomic E-state index is -0.165. The van der Waals surface area contributed by atoms with Gasteiger partial charge in [0.05, 0.1) is 0 Å². The Balaban J connectivity index is 2.25. The third-order valence-corrected chi connectivity index (χ3v) is 3.01. The Morgan fingerprint density at radius 1 is 1.13 bits per heavy atom. The number of allylic oxidation sites excluding steroid dienone is 1. The summed E-state index contributed by atoms with van der Waals surface area (Å²) in [6.07, 6.45) is 2.23. The maximum absolute atomic E-state index is 12.8. The molecule has 1 N–H and O–H groups in total. The number of nitrogens with one attached hydrogen (secondary N) is 1. The van der Waals surface area contributed by atoms with Gasteiger partial charge in [-0.15, -0.1) is 0 Å². The van der Waals surface area contributed by atoms with E-state index < -0.39 is 0 Å². The van der Waals surface area contributed by atoms with E-state index >= 15 is 0 Å². The zero-order chi connectivity index (χ0) is 10.7. The number of halogens is 1. The average Bonchev–Trinajstić information content (AvgIpc) is 2.30. The van der Waals surface area contributed by atoms with Crippen LogP contribution in [0.15, 0.2) is 29.8 Å². The van der Waals surface area contributed by atoms with Crippen LogP contribution in [0.2, 0.25) is 0 Å². The highest BCUT2D eigenvalue weighted by Gasteiger charge is 2.08. The van der Waals surface area contributed by atoms with E-state index in [1.54, 1.807) is 0 Å². The third kappa shape index (κ3) is 2.45. The summed E-state index contributed by atoms with van der Waals surface area (Å²) in [5, 5.41) is 3.34. The molecule has 80 valence electrons. The summed E-state index contributed by atoms with van der Waals surface area (Å²) < 4.78 is 12.8. The molecule has 0 bridgehead atoms. The normalized spacial score (nSPS) is 16.5. The van der Waals surface area contributed by atoms with Crippen molar-refractivity contribution in [3.63, 3.8) is 0 Å². The van der Waals surface area contributed by atoms with Gasteiger partial charge in [-0.3, -0.25) is 0 Å². The van der Waals surface area contributed by atoms with Gasteiger partial charge in [0, 0.05) is 0 Å².